The molecule has 0 fully saturated rings. The third kappa shape index (κ3) is 3.69. The van der Waals surface area contributed by atoms with Crippen molar-refractivity contribution in [3.05, 3.63) is 41.5 Å². The smallest absolute Gasteiger partial charge is 0.282 e. The van der Waals surface area contributed by atoms with E-state index in [4.69, 9.17) is 0 Å². The van der Waals surface area contributed by atoms with Gasteiger partial charge < -0.3 is 0 Å². The Labute approximate surface area is 148 Å². The average molecular weight is 315 g/mol. The van der Waals surface area contributed by atoms with Gasteiger partial charge in [-0.15, -0.1) is 0 Å². The second-order valence-corrected chi connectivity index (χ2v) is 7.07. The van der Waals surface area contributed by atoms with Gasteiger partial charge in [0.1, 0.15) is 4.90 Å². The van der Waals surface area contributed by atoms with Crippen LogP contribution in [0.3, 0.4) is 0 Å². The molecule has 0 saturated carbocycles. The molecule has 0 aliphatic heterocycles. The summed E-state index contributed by atoms with van der Waals surface area (Å²) in [6, 6.07) is 9.31. The summed E-state index contributed by atoms with van der Waals surface area (Å²) in [5, 5.41) is 1.43. The summed E-state index contributed by atoms with van der Waals surface area (Å²) >= 11 is 0. The van der Waals surface area contributed by atoms with E-state index in [1.165, 1.54) is 0 Å². The van der Waals surface area contributed by atoms with Crippen LogP contribution < -0.4 is 0 Å². The Hall–Kier alpha value is -0.390. The Balaban J connectivity index is 0.00000220. The number of hydrogen-bond donors (Lipinski definition) is 1. The van der Waals surface area contributed by atoms with Crippen molar-refractivity contribution in [2.24, 2.45) is 0 Å². The van der Waals surface area contributed by atoms with Crippen LogP contribution in [0, 0.1) is 0 Å². The van der Waals surface area contributed by atoms with Crippen molar-refractivity contribution in [3.63, 3.8) is 0 Å². The first-order valence-electron chi connectivity index (χ1n) is 6.76. The molecule has 5 heteroatoms. The molecule has 0 aliphatic carbocycles. The van der Waals surface area contributed by atoms with Crippen LogP contribution in [-0.4, -0.2) is 42.5 Å². The van der Waals surface area contributed by atoms with Gasteiger partial charge >= 0.3 is 0 Å². The first-order valence-corrected chi connectivity index (χ1v) is 8.20. The van der Waals surface area contributed by atoms with Crippen molar-refractivity contribution in [2.75, 3.05) is 0 Å². The van der Waals surface area contributed by atoms with Gasteiger partial charge in [0, 0.05) is 34.9 Å². The maximum absolute atomic E-state index is 11.9. The molecule has 0 spiro atoms. The molecule has 2 rings (SSSR count). The van der Waals surface area contributed by atoms with Gasteiger partial charge in [-0.3, -0.25) is 4.55 Å². The van der Waals surface area contributed by atoms with Gasteiger partial charge in [-0.1, -0.05) is 58.0 Å². The van der Waals surface area contributed by atoms with E-state index in [1.807, 2.05) is 45.9 Å². The standard InChI is InChI=1S/C16H20O3S.Na/c1-10(2)14-9-12-7-5-6-8-13(12)16(20(17,18)19)15(14)11(3)4;/h5-11H,1-4H3,(H,17,18,19);. The van der Waals surface area contributed by atoms with Crippen molar-refractivity contribution in [2.45, 2.75) is 44.4 Å². The van der Waals surface area contributed by atoms with E-state index in [2.05, 4.69) is 0 Å². The molecule has 0 aliphatic rings. The first kappa shape index (κ1) is 18.7. The van der Waals surface area contributed by atoms with Gasteiger partial charge in [0.2, 0.25) is 0 Å². The summed E-state index contributed by atoms with van der Waals surface area (Å²) in [6.07, 6.45) is 0. The van der Waals surface area contributed by atoms with Crippen LogP contribution >= 0.6 is 0 Å². The van der Waals surface area contributed by atoms with Gasteiger partial charge in [0.05, 0.1) is 0 Å². The molecule has 0 amide bonds. The number of rotatable bonds is 3. The predicted molar refractivity (Wildman–Crippen MR) is 87.7 cm³/mol. The third-order valence-electron chi connectivity index (χ3n) is 3.53. The SMILES string of the molecule is CC(C)c1cc2ccccc2c(S(=O)(=O)O)c1C(C)C.[Na]. The van der Waals surface area contributed by atoms with Gasteiger partial charge in [-0.25, -0.2) is 0 Å². The van der Waals surface area contributed by atoms with Crippen LogP contribution in [-0.2, 0) is 10.1 Å². The maximum atomic E-state index is 11.9. The molecule has 2 aromatic rings. The van der Waals surface area contributed by atoms with Crippen LogP contribution in [0.25, 0.3) is 10.8 Å². The Morgan fingerprint density at radius 1 is 1.00 bits per heavy atom. The molecule has 0 unspecified atom stereocenters. The van der Waals surface area contributed by atoms with Gasteiger partial charge in [0.25, 0.3) is 10.1 Å². The zero-order chi connectivity index (χ0) is 15.1. The van der Waals surface area contributed by atoms with Crippen molar-refractivity contribution in [1.82, 2.24) is 0 Å². The molecule has 109 valence electrons. The zero-order valence-electron chi connectivity index (χ0n) is 13.2. The normalized spacial score (nSPS) is 12.0. The molecule has 21 heavy (non-hydrogen) atoms. The molecule has 0 bridgehead atoms. The fraction of sp³-hybridized carbons (Fsp3) is 0.375. The Bertz CT molecular complexity index is 749. The van der Waals surface area contributed by atoms with E-state index in [1.54, 1.807) is 12.1 Å². The second-order valence-electron chi connectivity index (χ2n) is 5.71. The van der Waals surface area contributed by atoms with Gasteiger partial charge in [-0.05, 0) is 28.3 Å². The monoisotopic (exact) mass is 315 g/mol. The minimum absolute atomic E-state index is 0. The van der Waals surface area contributed by atoms with E-state index in [0.29, 0.717) is 5.39 Å². The Kier molecular flexibility index (Phi) is 6.04. The van der Waals surface area contributed by atoms with Crippen LogP contribution in [0.1, 0.15) is 50.7 Å². The number of benzene rings is 2. The van der Waals surface area contributed by atoms with E-state index in [9.17, 15) is 13.0 Å². The van der Waals surface area contributed by atoms with Crippen LogP contribution in [0.2, 0.25) is 0 Å². The minimum Gasteiger partial charge on any atom is -0.282 e. The van der Waals surface area contributed by atoms with Crippen molar-refractivity contribution < 1.29 is 13.0 Å². The molecule has 0 heterocycles. The zero-order valence-corrected chi connectivity index (χ0v) is 16.0. The summed E-state index contributed by atoms with van der Waals surface area (Å²) in [5.74, 6) is 0.214. The maximum Gasteiger partial charge on any atom is 0.295 e. The predicted octanol–water partition coefficient (Wildman–Crippen LogP) is 3.95. The average Bonchev–Trinajstić information content (AvgIpc) is 2.34. The minimum atomic E-state index is -4.26. The molecule has 1 radical (unpaired) electrons. The summed E-state index contributed by atoms with van der Waals surface area (Å²) in [6.45, 7) is 7.96. The van der Waals surface area contributed by atoms with Crippen LogP contribution in [0.5, 0.6) is 0 Å². The topological polar surface area (TPSA) is 54.4 Å². The number of hydrogen-bond acceptors (Lipinski definition) is 2. The molecule has 0 saturated heterocycles. The van der Waals surface area contributed by atoms with E-state index in [-0.39, 0.29) is 46.3 Å². The fourth-order valence-electron chi connectivity index (χ4n) is 2.70. The Morgan fingerprint density at radius 2 is 1.57 bits per heavy atom. The second kappa shape index (κ2) is 6.80. The third-order valence-corrected chi connectivity index (χ3v) is 4.49. The summed E-state index contributed by atoms with van der Waals surface area (Å²) < 4.78 is 33.5. The molecule has 1 N–H and O–H groups in total. The molecule has 2 aromatic carbocycles. The number of fused-ring (bicyclic) bond motifs is 1. The quantitative estimate of drug-likeness (QED) is 0.689. The van der Waals surface area contributed by atoms with E-state index < -0.39 is 10.1 Å². The van der Waals surface area contributed by atoms with Crippen LogP contribution in [0.15, 0.2) is 35.2 Å². The van der Waals surface area contributed by atoms with E-state index >= 15 is 0 Å². The molecular formula is C16H20NaO3S. The largest absolute Gasteiger partial charge is 0.295 e. The molecular weight excluding hydrogens is 295 g/mol. The molecule has 0 aromatic heterocycles. The van der Waals surface area contributed by atoms with Gasteiger partial charge in [0.15, 0.2) is 0 Å². The van der Waals surface area contributed by atoms with Crippen LogP contribution in [0.4, 0.5) is 0 Å². The summed E-state index contributed by atoms with van der Waals surface area (Å²) in [5.41, 5.74) is 1.70. The fourth-order valence-corrected chi connectivity index (χ4v) is 3.80. The van der Waals surface area contributed by atoms with Gasteiger partial charge in [-0.2, -0.15) is 8.42 Å². The summed E-state index contributed by atoms with van der Waals surface area (Å²) in [7, 11) is -4.26. The molecule has 0 atom stereocenters. The van der Waals surface area contributed by atoms with Crippen molar-refractivity contribution >= 4 is 50.4 Å². The molecule has 3 nitrogen and oxygen atoms in total. The first-order chi connectivity index (χ1) is 9.23. The van der Waals surface area contributed by atoms with Crippen molar-refractivity contribution in [3.8, 4) is 0 Å². The van der Waals surface area contributed by atoms with E-state index in [0.717, 1.165) is 16.5 Å². The Morgan fingerprint density at radius 3 is 2.05 bits per heavy atom. The summed E-state index contributed by atoms with van der Waals surface area (Å²) in [4.78, 5) is 0.0642. The van der Waals surface area contributed by atoms with Crippen molar-refractivity contribution in [1.29, 1.82) is 0 Å².